The van der Waals surface area contributed by atoms with Gasteiger partial charge in [0.1, 0.15) is 11.9 Å². The fourth-order valence-electron chi connectivity index (χ4n) is 3.10. The fourth-order valence-corrected chi connectivity index (χ4v) is 3.10. The highest BCUT2D eigenvalue weighted by Gasteiger charge is 2.29. The Bertz CT molecular complexity index is 855. The van der Waals surface area contributed by atoms with Crippen LogP contribution in [0.25, 0.3) is 5.69 Å². The Kier molecular flexibility index (Phi) is 4.11. The third kappa shape index (κ3) is 2.96. The number of ether oxygens (including phenoxy) is 1. The van der Waals surface area contributed by atoms with Gasteiger partial charge in [-0.1, -0.05) is 18.2 Å². The van der Waals surface area contributed by atoms with Crippen molar-refractivity contribution in [1.82, 2.24) is 14.7 Å². The van der Waals surface area contributed by atoms with Crippen molar-refractivity contribution in [2.24, 2.45) is 0 Å². The molecule has 6 nitrogen and oxygen atoms in total. The molecule has 4 rings (SSSR count). The molecule has 0 saturated carbocycles. The molecule has 3 heterocycles. The van der Waals surface area contributed by atoms with Crippen LogP contribution in [0.15, 0.2) is 59.3 Å². The number of furan rings is 1. The Morgan fingerprint density at radius 2 is 2.04 bits per heavy atom. The predicted octanol–water partition coefficient (Wildman–Crippen LogP) is 2.99. The van der Waals surface area contributed by atoms with Gasteiger partial charge in [-0.2, -0.15) is 5.10 Å². The highest BCUT2D eigenvalue weighted by molar-refractivity contribution is 5.95. The largest absolute Gasteiger partial charge is 0.467 e. The lowest BCUT2D eigenvalue weighted by atomic mass is 10.1. The van der Waals surface area contributed by atoms with E-state index in [0.717, 1.165) is 17.1 Å². The van der Waals surface area contributed by atoms with E-state index in [9.17, 15) is 4.79 Å². The Morgan fingerprint density at radius 3 is 2.80 bits per heavy atom. The van der Waals surface area contributed by atoms with Gasteiger partial charge in [0.05, 0.1) is 42.6 Å². The minimum Gasteiger partial charge on any atom is -0.467 e. The smallest absolute Gasteiger partial charge is 0.257 e. The second-order valence-electron chi connectivity index (χ2n) is 6.02. The summed E-state index contributed by atoms with van der Waals surface area (Å²) in [6, 6.07) is 13.5. The average Bonchev–Trinajstić information content (AvgIpc) is 3.32. The number of benzene rings is 1. The molecule has 0 radical (unpaired) electrons. The van der Waals surface area contributed by atoms with Crippen molar-refractivity contribution < 1.29 is 13.9 Å². The van der Waals surface area contributed by atoms with Gasteiger partial charge in [0.2, 0.25) is 0 Å². The number of hydrogen-bond acceptors (Lipinski definition) is 4. The zero-order valence-corrected chi connectivity index (χ0v) is 14.0. The zero-order valence-electron chi connectivity index (χ0n) is 14.0. The quantitative estimate of drug-likeness (QED) is 0.737. The number of carbonyl (C=O) groups is 1. The number of para-hydroxylation sites is 1. The summed E-state index contributed by atoms with van der Waals surface area (Å²) in [6.45, 7) is 3.44. The third-order valence-electron chi connectivity index (χ3n) is 4.46. The molecule has 1 saturated heterocycles. The number of nitrogens with zero attached hydrogens (tertiary/aromatic N) is 3. The monoisotopic (exact) mass is 337 g/mol. The van der Waals surface area contributed by atoms with Crippen LogP contribution >= 0.6 is 0 Å². The molecule has 0 bridgehead atoms. The van der Waals surface area contributed by atoms with E-state index in [2.05, 4.69) is 5.10 Å². The van der Waals surface area contributed by atoms with Crippen LogP contribution in [-0.4, -0.2) is 40.3 Å². The van der Waals surface area contributed by atoms with E-state index < -0.39 is 0 Å². The van der Waals surface area contributed by atoms with Crippen LogP contribution < -0.4 is 0 Å². The Labute approximate surface area is 145 Å². The first-order valence-corrected chi connectivity index (χ1v) is 8.28. The first-order valence-electron chi connectivity index (χ1n) is 8.28. The van der Waals surface area contributed by atoms with Crippen molar-refractivity contribution >= 4 is 5.91 Å². The average molecular weight is 337 g/mol. The van der Waals surface area contributed by atoms with Crippen LogP contribution in [0.1, 0.15) is 27.9 Å². The molecule has 1 unspecified atom stereocenters. The van der Waals surface area contributed by atoms with Crippen LogP contribution in [0, 0.1) is 6.92 Å². The number of amides is 1. The third-order valence-corrected chi connectivity index (χ3v) is 4.46. The summed E-state index contributed by atoms with van der Waals surface area (Å²) >= 11 is 0. The number of rotatable bonds is 3. The molecule has 6 heteroatoms. The Balaban J connectivity index is 1.56. The van der Waals surface area contributed by atoms with E-state index in [1.165, 1.54) is 0 Å². The molecule has 128 valence electrons. The number of carbonyl (C=O) groups excluding carboxylic acids is 1. The van der Waals surface area contributed by atoms with Gasteiger partial charge in [-0.25, -0.2) is 4.68 Å². The summed E-state index contributed by atoms with van der Waals surface area (Å²) in [6.07, 6.45) is 3.03. The molecular weight excluding hydrogens is 318 g/mol. The van der Waals surface area contributed by atoms with Crippen LogP contribution in [0.3, 0.4) is 0 Å². The first kappa shape index (κ1) is 15.7. The number of hydrogen-bond donors (Lipinski definition) is 0. The van der Waals surface area contributed by atoms with Crippen LogP contribution in [0.2, 0.25) is 0 Å². The van der Waals surface area contributed by atoms with Crippen molar-refractivity contribution in [1.29, 1.82) is 0 Å². The second-order valence-corrected chi connectivity index (χ2v) is 6.02. The Morgan fingerprint density at radius 1 is 1.20 bits per heavy atom. The standard InChI is InChI=1S/C19H19N3O3/c1-14-16(12-20-22(14)15-6-3-2-4-7-15)19(23)21-9-11-25-18(13-21)17-8-5-10-24-17/h2-8,10,12,18H,9,11,13H2,1H3. The van der Waals surface area contributed by atoms with E-state index in [1.54, 1.807) is 22.0 Å². The highest BCUT2D eigenvalue weighted by Crippen LogP contribution is 2.24. The topological polar surface area (TPSA) is 60.5 Å². The summed E-state index contributed by atoms with van der Waals surface area (Å²) in [5, 5.41) is 4.39. The van der Waals surface area contributed by atoms with E-state index in [-0.39, 0.29) is 12.0 Å². The van der Waals surface area contributed by atoms with Crippen molar-refractivity contribution in [2.75, 3.05) is 19.7 Å². The molecule has 1 amide bonds. The fraction of sp³-hybridized carbons (Fsp3) is 0.263. The normalized spacial score (nSPS) is 17.6. The van der Waals surface area contributed by atoms with Crippen molar-refractivity contribution in [3.05, 3.63) is 71.9 Å². The molecule has 3 aromatic rings. The molecule has 0 spiro atoms. The van der Waals surface area contributed by atoms with Crippen molar-refractivity contribution in [2.45, 2.75) is 13.0 Å². The van der Waals surface area contributed by atoms with E-state index in [4.69, 9.17) is 9.15 Å². The van der Waals surface area contributed by atoms with Crippen LogP contribution in [0.4, 0.5) is 0 Å². The minimum atomic E-state index is -0.225. The maximum atomic E-state index is 13.0. The van der Waals surface area contributed by atoms with Crippen LogP contribution in [-0.2, 0) is 4.74 Å². The van der Waals surface area contributed by atoms with Crippen molar-refractivity contribution in [3.8, 4) is 5.69 Å². The van der Waals surface area contributed by atoms with Gasteiger partial charge >= 0.3 is 0 Å². The number of morpholine rings is 1. The molecule has 1 aliphatic heterocycles. The van der Waals surface area contributed by atoms with Crippen molar-refractivity contribution in [3.63, 3.8) is 0 Å². The van der Waals surface area contributed by atoms with Gasteiger partial charge in [0.15, 0.2) is 0 Å². The summed E-state index contributed by atoms with van der Waals surface area (Å²) < 4.78 is 12.9. The first-order chi connectivity index (χ1) is 12.2. The van der Waals surface area contributed by atoms with E-state index in [0.29, 0.717) is 25.3 Å². The molecule has 2 aromatic heterocycles. The highest BCUT2D eigenvalue weighted by atomic mass is 16.5. The maximum Gasteiger partial charge on any atom is 0.257 e. The zero-order chi connectivity index (χ0) is 17.2. The van der Waals surface area contributed by atoms with Gasteiger partial charge in [-0.05, 0) is 31.2 Å². The van der Waals surface area contributed by atoms with Gasteiger partial charge in [-0.3, -0.25) is 4.79 Å². The molecule has 0 aliphatic carbocycles. The molecule has 0 N–H and O–H groups in total. The Hall–Kier alpha value is -2.86. The molecule has 1 fully saturated rings. The maximum absolute atomic E-state index is 13.0. The predicted molar refractivity (Wildman–Crippen MR) is 91.6 cm³/mol. The summed E-state index contributed by atoms with van der Waals surface area (Å²) in [5.41, 5.74) is 2.38. The molecule has 1 aromatic carbocycles. The lowest BCUT2D eigenvalue weighted by Gasteiger charge is -2.31. The minimum absolute atomic E-state index is 0.0282. The van der Waals surface area contributed by atoms with Gasteiger partial charge in [0, 0.05) is 6.54 Å². The summed E-state index contributed by atoms with van der Waals surface area (Å²) in [4.78, 5) is 14.8. The number of aromatic nitrogens is 2. The summed E-state index contributed by atoms with van der Waals surface area (Å²) in [5.74, 6) is 0.716. The van der Waals surface area contributed by atoms with Gasteiger partial charge in [0.25, 0.3) is 5.91 Å². The molecule has 25 heavy (non-hydrogen) atoms. The SMILES string of the molecule is Cc1c(C(=O)N2CCOC(c3ccco3)C2)cnn1-c1ccccc1. The van der Waals surface area contributed by atoms with Gasteiger partial charge < -0.3 is 14.1 Å². The summed E-state index contributed by atoms with van der Waals surface area (Å²) in [7, 11) is 0. The van der Waals surface area contributed by atoms with Gasteiger partial charge in [-0.15, -0.1) is 0 Å². The molecule has 1 atom stereocenters. The van der Waals surface area contributed by atoms with E-state index in [1.807, 2.05) is 49.4 Å². The lowest BCUT2D eigenvalue weighted by molar-refractivity contribution is -0.0321. The van der Waals surface area contributed by atoms with Crippen LogP contribution in [0.5, 0.6) is 0 Å². The lowest BCUT2D eigenvalue weighted by Crippen LogP contribution is -2.42. The second kappa shape index (κ2) is 6.57. The van der Waals surface area contributed by atoms with E-state index >= 15 is 0 Å². The molecule has 1 aliphatic rings. The molecular formula is C19H19N3O3.